The molecule has 2 heterocycles. The maximum atomic E-state index is 6.76. The largest absolute Gasteiger partial charge is 0.455 e. The molecule has 0 N–H and O–H groups in total. The molecule has 3 heteroatoms. The van der Waals surface area contributed by atoms with E-state index in [-0.39, 0.29) is 0 Å². The van der Waals surface area contributed by atoms with Crippen LogP contribution in [0.15, 0.2) is 129 Å². The van der Waals surface area contributed by atoms with Gasteiger partial charge >= 0.3 is 0 Å². The van der Waals surface area contributed by atoms with E-state index in [0.29, 0.717) is 0 Å². The molecule has 10 rings (SSSR count). The average Bonchev–Trinajstić information content (AvgIpc) is 3.72. The normalized spacial score (nSPS) is 14.3. The van der Waals surface area contributed by atoms with Crippen molar-refractivity contribution >= 4 is 59.8 Å². The molecule has 40 heavy (non-hydrogen) atoms. The van der Waals surface area contributed by atoms with E-state index >= 15 is 0 Å². The fourth-order valence-electron chi connectivity index (χ4n) is 7.71. The first kappa shape index (κ1) is 21.2. The predicted octanol–water partition coefficient (Wildman–Crippen LogP) is 10.6. The van der Waals surface area contributed by atoms with Crippen LogP contribution in [0.4, 0.5) is 0 Å². The molecule has 0 unspecified atom stereocenters. The molecule has 0 fully saturated rings. The number of hydrogen-bond donors (Lipinski definition) is 0. The van der Waals surface area contributed by atoms with Gasteiger partial charge in [0, 0.05) is 37.1 Å². The summed E-state index contributed by atoms with van der Waals surface area (Å²) in [7, 11) is 0. The second kappa shape index (κ2) is 7.12. The second-order valence-electron chi connectivity index (χ2n) is 10.9. The zero-order chi connectivity index (χ0) is 26.2. The van der Waals surface area contributed by atoms with Gasteiger partial charge < -0.3 is 8.83 Å². The van der Waals surface area contributed by atoms with Crippen molar-refractivity contribution in [2.75, 3.05) is 0 Å². The highest BCUT2D eigenvalue weighted by atomic mass is 79.9. The molecule has 0 aliphatic heterocycles. The van der Waals surface area contributed by atoms with Gasteiger partial charge in [-0.1, -0.05) is 113 Å². The molecule has 0 atom stereocenters. The first-order valence-corrected chi connectivity index (χ1v) is 14.3. The Bertz CT molecular complexity index is 2360. The van der Waals surface area contributed by atoms with E-state index in [0.717, 1.165) is 59.5 Å². The third kappa shape index (κ3) is 2.27. The summed E-state index contributed by atoms with van der Waals surface area (Å²) < 4.78 is 14.5. The zero-order valence-electron chi connectivity index (χ0n) is 21.2. The lowest BCUT2D eigenvalue weighted by atomic mass is 9.70. The Labute approximate surface area is 237 Å². The van der Waals surface area contributed by atoms with Crippen LogP contribution < -0.4 is 0 Å². The van der Waals surface area contributed by atoms with Gasteiger partial charge in [0.1, 0.15) is 22.3 Å². The van der Waals surface area contributed by atoms with Crippen LogP contribution >= 0.6 is 15.9 Å². The Hall–Kier alpha value is -4.60. The summed E-state index contributed by atoms with van der Waals surface area (Å²) in [6.45, 7) is 0. The quantitative estimate of drug-likeness (QED) is 0.180. The molecular weight excluding hydrogens is 556 g/mol. The van der Waals surface area contributed by atoms with E-state index in [1.807, 2.05) is 12.1 Å². The minimum Gasteiger partial charge on any atom is -0.455 e. The second-order valence-corrected chi connectivity index (χ2v) is 11.7. The van der Waals surface area contributed by atoms with E-state index in [1.54, 1.807) is 0 Å². The highest BCUT2D eigenvalue weighted by molar-refractivity contribution is 9.10. The van der Waals surface area contributed by atoms with Gasteiger partial charge in [0.15, 0.2) is 0 Å². The Morgan fingerprint density at radius 1 is 0.475 bits per heavy atom. The molecule has 8 aromatic rings. The Morgan fingerprint density at radius 3 is 1.80 bits per heavy atom. The van der Waals surface area contributed by atoms with E-state index in [1.165, 1.54) is 33.4 Å². The summed E-state index contributed by atoms with van der Waals surface area (Å²) in [6, 6.07) is 41.3. The van der Waals surface area contributed by atoms with Crippen molar-refractivity contribution in [3.8, 4) is 22.3 Å². The highest BCUT2D eigenvalue weighted by Gasteiger charge is 2.53. The van der Waals surface area contributed by atoms with Crippen molar-refractivity contribution in [3.63, 3.8) is 0 Å². The molecule has 2 aromatic heterocycles. The molecule has 0 saturated heterocycles. The van der Waals surface area contributed by atoms with Crippen molar-refractivity contribution in [2.45, 2.75) is 5.41 Å². The molecule has 0 amide bonds. The minimum absolute atomic E-state index is 0.485. The van der Waals surface area contributed by atoms with Gasteiger partial charge in [-0.25, -0.2) is 0 Å². The summed E-state index contributed by atoms with van der Waals surface area (Å²) >= 11 is 4.00. The molecule has 1 spiro atoms. The summed E-state index contributed by atoms with van der Waals surface area (Å²) in [5.41, 5.74) is 13.0. The lowest BCUT2D eigenvalue weighted by Crippen LogP contribution is -2.25. The maximum absolute atomic E-state index is 6.76. The van der Waals surface area contributed by atoms with Gasteiger partial charge in [-0.3, -0.25) is 0 Å². The number of benzene rings is 6. The van der Waals surface area contributed by atoms with Crippen molar-refractivity contribution in [1.29, 1.82) is 0 Å². The average molecular weight is 575 g/mol. The van der Waals surface area contributed by atoms with Crippen molar-refractivity contribution < 1.29 is 8.83 Å². The molecule has 2 aliphatic rings. The third-order valence-corrected chi connectivity index (χ3v) is 9.78. The van der Waals surface area contributed by atoms with Gasteiger partial charge in [0.05, 0.1) is 5.41 Å². The minimum atomic E-state index is -0.485. The summed E-state index contributed by atoms with van der Waals surface area (Å²) in [6.07, 6.45) is 0. The van der Waals surface area contributed by atoms with Gasteiger partial charge in [0.2, 0.25) is 0 Å². The summed E-state index contributed by atoms with van der Waals surface area (Å²) in [4.78, 5) is 0. The van der Waals surface area contributed by atoms with Crippen LogP contribution in [0, 0.1) is 0 Å². The van der Waals surface area contributed by atoms with Crippen molar-refractivity contribution in [2.24, 2.45) is 0 Å². The molecule has 0 bridgehead atoms. The number of rotatable bonds is 0. The predicted molar refractivity (Wildman–Crippen MR) is 165 cm³/mol. The fourth-order valence-corrected chi connectivity index (χ4v) is 8.33. The van der Waals surface area contributed by atoms with Crippen LogP contribution in [0.2, 0.25) is 0 Å². The van der Waals surface area contributed by atoms with Crippen LogP contribution in [0.25, 0.3) is 66.1 Å². The van der Waals surface area contributed by atoms with Crippen LogP contribution in [-0.4, -0.2) is 0 Å². The third-order valence-electron chi connectivity index (χ3n) is 9.16. The van der Waals surface area contributed by atoms with Crippen LogP contribution in [0.5, 0.6) is 0 Å². The summed E-state index contributed by atoms with van der Waals surface area (Å²) in [5, 5.41) is 4.47. The van der Waals surface area contributed by atoms with Crippen molar-refractivity contribution in [1.82, 2.24) is 0 Å². The van der Waals surface area contributed by atoms with Crippen molar-refractivity contribution in [3.05, 3.63) is 142 Å². The number of furan rings is 2. The van der Waals surface area contributed by atoms with Gasteiger partial charge in [-0.05, 0) is 51.6 Å². The topological polar surface area (TPSA) is 26.3 Å². The Balaban J connectivity index is 1.50. The first-order chi connectivity index (χ1) is 19.8. The monoisotopic (exact) mass is 574 g/mol. The maximum Gasteiger partial charge on any atom is 0.144 e. The molecule has 6 aromatic carbocycles. The van der Waals surface area contributed by atoms with Crippen LogP contribution in [0.3, 0.4) is 0 Å². The standard InChI is InChI=1S/C37H19BrO2/c38-29-19-28-34(36-32(29)24-12-4-8-16-31(24)40-36)33-27(18-17-23-22-11-3-7-15-30(22)39-35(23)33)37(28)25-13-5-1-9-20(25)21-10-2-6-14-26(21)37/h1-19H. The van der Waals surface area contributed by atoms with E-state index in [9.17, 15) is 0 Å². The Morgan fingerprint density at radius 2 is 1.05 bits per heavy atom. The fraction of sp³-hybridized carbons (Fsp3) is 0.0270. The van der Waals surface area contributed by atoms with Gasteiger partial charge in [0.25, 0.3) is 0 Å². The molecule has 2 aliphatic carbocycles. The van der Waals surface area contributed by atoms with E-state index in [4.69, 9.17) is 8.83 Å². The Kier molecular flexibility index (Phi) is 3.78. The van der Waals surface area contributed by atoms with Crippen LogP contribution in [-0.2, 0) is 5.41 Å². The first-order valence-electron chi connectivity index (χ1n) is 13.6. The SMILES string of the molecule is Brc1cc2c(c3oc4ccccc4c13)-c1c(ccc3c1oc1ccccc13)C21c2ccccc2-c2ccccc21. The van der Waals surface area contributed by atoms with Gasteiger partial charge in [-0.15, -0.1) is 0 Å². The van der Waals surface area contributed by atoms with Gasteiger partial charge in [-0.2, -0.15) is 0 Å². The molecule has 186 valence electrons. The lowest BCUT2D eigenvalue weighted by Gasteiger charge is -2.30. The number of halogens is 1. The molecule has 0 saturated carbocycles. The van der Waals surface area contributed by atoms with E-state index in [2.05, 4.69) is 119 Å². The molecular formula is C37H19BrO2. The zero-order valence-corrected chi connectivity index (χ0v) is 22.8. The molecule has 0 radical (unpaired) electrons. The molecule has 2 nitrogen and oxygen atoms in total. The van der Waals surface area contributed by atoms with E-state index < -0.39 is 5.41 Å². The lowest BCUT2D eigenvalue weighted by molar-refractivity contribution is 0.665. The number of hydrogen-bond acceptors (Lipinski definition) is 2. The summed E-state index contributed by atoms with van der Waals surface area (Å²) in [5.74, 6) is 0. The smallest absolute Gasteiger partial charge is 0.144 e. The highest BCUT2D eigenvalue weighted by Crippen LogP contribution is 2.66. The number of fused-ring (bicyclic) bond motifs is 18. The number of para-hydroxylation sites is 2. The van der Waals surface area contributed by atoms with Crippen LogP contribution in [0.1, 0.15) is 22.3 Å².